The van der Waals surface area contributed by atoms with Gasteiger partial charge in [0.05, 0.1) is 10.9 Å². The molecule has 1 saturated heterocycles. The Morgan fingerprint density at radius 3 is 2.23 bits per heavy atom. The summed E-state index contributed by atoms with van der Waals surface area (Å²) in [4.78, 5) is 53.3. The maximum absolute atomic E-state index is 13.3. The van der Waals surface area contributed by atoms with Crippen molar-refractivity contribution < 1.29 is 36.6 Å². The Morgan fingerprint density at radius 1 is 1.11 bits per heavy atom. The highest BCUT2D eigenvalue weighted by Gasteiger charge is 2.38. The first-order chi connectivity index (χ1) is 20.6. The Morgan fingerprint density at radius 2 is 1.70 bits per heavy atom. The van der Waals surface area contributed by atoms with E-state index in [1.165, 1.54) is 36.5 Å². The van der Waals surface area contributed by atoms with Crippen molar-refractivity contribution in [3.05, 3.63) is 35.9 Å². The van der Waals surface area contributed by atoms with E-state index in [1.54, 1.807) is 12.4 Å². The molecule has 1 aliphatic rings. The largest absolute Gasteiger partial charge is 0.471 e. The van der Waals surface area contributed by atoms with E-state index in [0.29, 0.717) is 6.42 Å². The minimum Gasteiger partial charge on any atom is -0.343 e. The zero-order valence-electron chi connectivity index (χ0n) is 26.5. The molecule has 1 aromatic carbocycles. The van der Waals surface area contributed by atoms with Crippen molar-refractivity contribution in [3.8, 4) is 0 Å². The lowest BCUT2D eigenvalue weighted by molar-refractivity contribution is -0.167. The van der Waals surface area contributed by atoms with Gasteiger partial charge in [0.2, 0.25) is 11.8 Å². The van der Waals surface area contributed by atoms with Gasteiger partial charge in [-0.1, -0.05) is 53.0 Å². The van der Waals surface area contributed by atoms with Gasteiger partial charge in [0.15, 0.2) is 11.0 Å². The molecule has 248 valence electrons. The van der Waals surface area contributed by atoms with Crippen LogP contribution in [-0.4, -0.2) is 83.1 Å². The Kier molecular flexibility index (Phi) is 16.3. The Bertz CT molecular complexity index is 1180. The highest BCUT2D eigenvalue weighted by molar-refractivity contribution is 7.83. The summed E-state index contributed by atoms with van der Waals surface area (Å²) in [6, 6.07) is 3.67. The molecule has 1 fully saturated rings. The lowest BCUT2D eigenvalue weighted by atomic mass is 9.96. The molecule has 2 rings (SSSR count). The molecule has 1 aromatic rings. The van der Waals surface area contributed by atoms with Crippen molar-refractivity contribution in [1.29, 1.82) is 0 Å². The number of benzene rings is 1. The predicted molar refractivity (Wildman–Crippen MR) is 165 cm³/mol. The summed E-state index contributed by atoms with van der Waals surface area (Å²) in [7, 11) is 1.43. The van der Waals surface area contributed by atoms with Gasteiger partial charge in [-0.05, 0) is 63.5 Å². The van der Waals surface area contributed by atoms with Crippen molar-refractivity contribution in [2.45, 2.75) is 89.9 Å². The van der Waals surface area contributed by atoms with E-state index < -0.39 is 35.0 Å². The summed E-state index contributed by atoms with van der Waals surface area (Å²) in [5.41, 5.74) is 0.0286. The van der Waals surface area contributed by atoms with Crippen LogP contribution >= 0.6 is 0 Å². The van der Waals surface area contributed by atoms with Gasteiger partial charge in [0.1, 0.15) is 6.04 Å². The number of piperidine rings is 1. The minimum absolute atomic E-state index is 0.0600. The predicted octanol–water partition coefficient (Wildman–Crippen LogP) is 4.16. The van der Waals surface area contributed by atoms with E-state index in [0.717, 1.165) is 37.9 Å². The van der Waals surface area contributed by atoms with E-state index in [1.807, 2.05) is 25.8 Å². The molecular weight excluding hydrogens is 599 g/mol. The summed E-state index contributed by atoms with van der Waals surface area (Å²) in [5.74, 6) is -3.41. The van der Waals surface area contributed by atoms with Gasteiger partial charge in [0.25, 0.3) is 5.91 Å². The number of rotatable bonds is 11. The number of nitrogens with zero attached hydrogens (tertiary/aromatic N) is 2. The molecule has 0 radical (unpaired) electrons. The van der Waals surface area contributed by atoms with Gasteiger partial charge >= 0.3 is 12.1 Å². The van der Waals surface area contributed by atoms with Crippen LogP contribution in [0.4, 0.5) is 18.9 Å². The number of hydrogen-bond acceptors (Lipinski definition) is 6. The van der Waals surface area contributed by atoms with Crippen LogP contribution in [0.3, 0.4) is 0 Å². The Balaban J connectivity index is 0.00000309. The van der Waals surface area contributed by atoms with E-state index in [9.17, 15) is 36.6 Å². The van der Waals surface area contributed by atoms with E-state index in [4.69, 9.17) is 0 Å². The van der Waals surface area contributed by atoms with Gasteiger partial charge in [0, 0.05) is 24.9 Å². The molecule has 4 unspecified atom stereocenters. The molecular formula is C30H46F3N5O5S. The van der Waals surface area contributed by atoms with Crippen molar-refractivity contribution in [2.24, 2.45) is 5.92 Å². The van der Waals surface area contributed by atoms with Gasteiger partial charge in [-0.2, -0.15) is 13.2 Å². The highest BCUT2D eigenvalue weighted by Crippen LogP contribution is 2.20. The van der Waals surface area contributed by atoms with Crippen LogP contribution < -0.4 is 15.4 Å². The number of halogens is 3. The van der Waals surface area contributed by atoms with Crippen LogP contribution in [0.25, 0.3) is 0 Å². The quantitative estimate of drug-likeness (QED) is 0.310. The fourth-order valence-corrected chi connectivity index (χ4v) is 4.95. The van der Waals surface area contributed by atoms with E-state index >= 15 is 0 Å². The molecule has 10 nitrogen and oxygen atoms in total. The molecule has 0 aromatic heterocycles. The van der Waals surface area contributed by atoms with Gasteiger partial charge < -0.3 is 15.5 Å². The number of carbonyl (C=O) groups is 4. The van der Waals surface area contributed by atoms with Crippen LogP contribution in [0.15, 0.2) is 40.8 Å². The maximum atomic E-state index is 13.3. The molecule has 1 aliphatic heterocycles. The number of amides is 4. The number of nitrogens with one attached hydrogen (secondary N) is 3. The van der Waals surface area contributed by atoms with Crippen LogP contribution in [0.1, 0.15) is 66.7 Å². The summed E-state index contributed by atoms with van der Waals surface area (Å²) >= 11 is 0. The Labute approximate surface area is 260 Å². The third-order valence-electron chi connectivity index (χ3n) is 7.02. The number of anilines is 1. The van der Waals surface area contributed by atoms with E-state index in [2.05, 4.69) is 23.9 Å². The van der Waals surface area contributed by atoms with Crippen LogP contribution in [-0.2, 0) is 30.2 Å². The average Bonchev–Trinajstić information content (AvgIpc) is 2.97. The monoisotopic (exact) mass is 645 g/mol. The fraction of sp³-hybridized carbons (Fsp3) is 0.600. The number of likely N-dealkylation sites (tertiary alicyclic amines) is 1. The second kappa shape index (κ2) is 18.5. The summed E-state index contributed by atoms with van der Waals surface area (Å²) in [5, 5.41) is 4.61. The summed E-state index contributed by atoms with van der Waals surface area (Å²) in [6.07, 6.45) is 1.08. The fourth-order valence-electron chi connectivity index (χ4n) is 4.12. The van der Waals surface area contributed by atoms with Crippen molar-refractivity contribution in [3.63, 3.8) is 0 Å². The smallest absolute Gasteiger partial charge is 0.343 e. The second-order valence-corrected chi connectivity index (χ2v) is 12.1. The third-order valence-corrected chi connectivity index (χ3v) is 8.10. The topological polar surface area (TPSA) is 128 Å². The molecule has 0 aliphatic carbocycles. The number of carbonyl (C=O) groups excluding carboxylic acids is 4. The second-order valence-electron chi connectivity index (χ2n) is 10.9. The molecule has 3 N–H and O–H groups in total. The van der Waals surface area contributed by atoms with Crippen LogP contribution in [0.5, 0.6) is 0 Å². The first kappa shape index (κ1) is 38.8. The van der Waals surface area contributed by atoms with Gasteiger partial charge in [-0.3, -0.25) is 28.8 Å². The number of hydrogen-bond donors (Lipinski definition) is 3. The molecule has 0 saturated carbocycles. The normalized spacial score (nSPS) is 17.7. The maximum Gasteiger partial charge on any atom is 0.471 e. The number of likely N-dealkylation sites (N-methyl/N-ethyl adjacent to an activating group) is 2. The molecule has 4 atom stereocenters. The van der Waals surface area contributed by atoms with Gasteiger partial charge in [-0.25, -0.2) is 4.21 Å². The van der Waals surface area contributed by atoms with Gasteiger partial charge in [-0.15, -0.1) is 0 Å². The molecule has 0 bridgehead atoms. The zero-order chi connectivity index (χ0) is 33.6. The highest BCUT2D eigenvalue weighted by atomic mass is 32.2. The summed E-state index contributed by atoms with van der Waals surface area (Å²) < 4.78 is 52.0. The Hall–Kier alpha value is -3.26. The lowest BCUT2D eigenvalue weighted by Gasteiger charge is -2.34. The molecule has 14 heteroatoms. The summed E-state index contributed by atoms with van der Waals surface area (Å²) in [6.45, 7) is 10.4. The first-order valence-corrected chi connectivity index (χ1v) is 15.8. The van der Waals surface area contributed by atoms with Crippen molar-refractivity contribution in [1.82, 2.24) is 19.8 Å². The average molecular weight is 646 g/mol. The lowest BCUT2D eigenvalue weighted by Crippen LogP contribution is -2.56. The number of alkyl halides is 3. The molecule has 4 amide bonds. The minimum atomic E-state index is -5.05. The first-order valence-electron chi connectivity index (χ1n) is 14.7. The van der Waals surface area contributed by atoms with Crippen LogP contribution in [0, 0.1) is 5.92 Å². The molecule has 44 heavy (non-hydrogen) atoms. The van der Waals surface area contributed by atoms with E-state index in [-0.39, 0.29) is 46.5 Å². The standard InChI is InChI=1S/C27H38F3N5O5S.C3H8/c1-6-17(2)22(32-24(37)21-9-7-8-15-34(21)4)25(38)35(5)16-14-18(3)23(36)33-41(40)20-12-10-19(11-13-20)31-26(39)27(28,29)30;1-3-2/h10-14,17,21-22H,6-9,15-16H2,1-5H3,(H,31,39)(H,32,37)(H,33,36);3H2,1-2H3/b18-14+;. The molecule has 0 spiro atoms. The third kappa shape index (κ3) is 12.4. The van der Waals surface area contributed by atoms with Crippen LogP contribution in [0.2, 0.25) is 0 Å². The zero-order valence-corrected chi connectivity index (χ0v) is 27.4. The molecule has 1 heterocycles. The van der Waals surface area contributed by atoms with Crippen molar-refractivity contribution in [2.75, 3.05) is 32.5 Å². The van der Waals surface area contributed by atoms with Crippen molar-refractivity contribution >= 4 is 40.3 Å². The SMILES string of the molecule is CCC.CCC(C)C(NC(=O)C1CCCCN1C)C(=O)N(C)C/C=C(\C)C(=O)NS(=O)c1ccc(NC(=O)C(F)(F)F)cc1.